The lowest BCUT2D eigenvalue weighted by Crippen LogP contribution is -2.13. The van der Waals surface area contributed by atoms with E-state index >= 15 is 0 Å². The fourth-order valence-corrected chi connectivity index (χ4v) is 1.81. The standard InChI is InChI=1S/C15H13ClO2/c16-11-14(17)18-15(12-7-3-1-4-8-12)13-9-5-2-6-10-13/h1-10,15H,11H2. The number of carbonyl (C=O) groups excluding carboxylic acids is 1. The Kier molecular flexibility index (Phi) is 4.37. The van der Waals surface area contributed by atoms with Gasteiger partial charge in [-0.1, -0.05) is 60.7 Å². The first-order valence-electron chi connectivity index (χ1n) is 5.66. The Hall–Kier alpha value is -1.80. The Morgan fingerprint density at radius 1 is 0.944 bits per heavy atom. The maximum atomic E-state index is 11.4. The average Bonchev–Trinajstić information content (AvgIpc) is 2.46. The van der Waals surface area contributed by atoms with E-state index in [1.807, 2.05) is 60.7 Å². The molecule has 0 aliphatic carbocycles. The second-order valence-electron chi connectivity index (χ2n) is 3.82. The van der Waals surface area contributed by atoms with Gasteiger partial charge in [-0.05, 0) is 11.1 Å². The van der Waals surface area contributed by atoms with E-state index in [1.54, 1.807) is 0 Å². The van der Waals surface area contributed by atoms with Crippen LogP contribution in [0.4, 0.5) is 0 Å². The van der Waals surface area contributed by atoms with E-state index in [2.05, 4.69) is 0 Å². The number of benzene rings is 2. The Morgan fingerprint density at radius 3 is 1.78 bits per heavy atom. The van der Waals surface area contributed by atoms with Gasteiger partial charge in [-0.2, -0.15) is 0 Å². The number of alkyl halides is 1. The highest BCUT2D eigenvalue weighted by Crippen LogP contribution is 2.25. The largest absolute Gasteiger partial charge is 0.452 e. The molecule has 0 saturated carbocycles. The van der Waals surface area contributed by atoms with Gasteiger partial charge in [0.2, 0.25) is 0 Å². The van der Waals surface area contributed by atoms with E-state index < -0.39 is 12.1 Å². The molecule has 0 bridgehead atoms. The van der Waals surface area contributed by atoms with Crippen molar-refractivity contribution in [1.82, 2.24) is 0 Å². The summed E-state index contributed by atoms with van der Waals surface area (Å²) in [4.78, 5) is 11.4. The van der Waals surface area contributed by atoms with Gasteiger partial charge in [0.1, 0.15) is 5.88 Å². The lowest BCUT2D eigenvalue weighted by Gasteiger charge is -2.18. The molecule has 2 aromatic rings. The van der Waals surface area contributed by atoms with Crippen LogP contribution in [0.15, 0.2) is 60.7 Å². The predicted molar refractivity (Wildman–Crippen MR) is 71.5 cm³/mol. The first kappa shape index (κ1) is 12.7. The molecule has 0 amide bonds. The second-order valence-corrected chi connectivity index (χ2v) is 4.09. The zero-order chi connectivity index (χ0) is 12.8. The third kappa shape index (κ3) is 3.11. The summed E-state index contributed by atoms with van der Waals surface area (Å²) in [6, 6.07) is 19.2. The van der Waals surface area contributed by atoms with E-state index in [1.165, 1.54) is 0 Å². The Morgan fingerprint density at radius 2 is 1.39 bits per heavy atom. The molecule has 0 spiro atoms. The lowest BCUT2D eigenvalue weighted by atomic mass is 10.0. The third-order valence-corrected chi connectivity index (χ3v) is 2.78. The van der Waals surface area contributed by atoms with Gasteiger partial charge in [0.15, 0.2) is 6.10 Å². The quantitative estimate of drug-likeness (QED) is 0.621. The van der Waals surface area contributed by atoms with E-state index in [9.17, 15) is 4.79 Å². The monoisotopic (exact) mass is 260 g/mol. The van der Waals surface area contributed by atoms with Gasteiger partial charge in [0.25, 0.3) is 0 Å². The number of carbonyl (C=O) groups is 1. The lowest BCUT2D eigenvalue weighted by molar-refractivity contribution is -0.144. The van der Waals surface area contributed by atoms with E-state index in [0.717, 1.165) is 11.1 Å². The number of ether oxygens (including phenoxy) is 1. The fourth-order valence-electron chi connectivity index (χ4n) is 1.75. The summed E-state index contributed by atoms with van der Waals surface area (Å²) in [5, 5.41) is 0. The predicted octanol–water partition coefficient (Wildman–Crippen LogP) is 3.56. The van der Waals surface area contributed by atoms with Gasteiger partial charge in [0, 0.05) is 0 Å². The first-order chi connectivity index (χ1) is 8.81. The molecule has 0 unspecified atom stereocenters. The van der Waals surface area contributed by atoms with Gasteiger partial charge in [-0.3, -0.25) is 4.79 Å². The van der Waals surface area contributed by atoms with E-state index in [4.69, 9.17) is 16.3 Å². The Balaban J connectivity index is 2.32. The molecule has 0 fully saturated rings. The van der Waals surface area contributed by atoms with E-state index in [-0.39, 0.29) is 5.88 Å². The van der Waals surface area contributed by atoms with Crippen molar-refractivity contribution < 1.29 is 9.53 Å². The number of hydrogen-bond acceptors (Lipinski definition) is 2. The van der Waals surface area contributed by atoms with Crippen molar-refractivity contribution >= 4 is 17.6 Å². The maximum Gasteiger partial charge on any atom is 0.321 e. The zero-order valence-electron chi connectivity index (χ0n) is 9.75. The van der Waals surface area contributed by atoms with Gasteiger partial charge in [-0.25, -0.2) is 0 Å². The van der Waals surface area contributed by atoms with Crippen LogP contribution in [0.25, 0.3) is 0 Å². The highest BCUT2D eigenvalue weighted by Gasteiger charge is 2.17. The third-order valence-electron chi connectivity index (χ3n) is 2.56. The molecule has 3 heteroatoms. The van der Waals surface area contributed by atoms with Gasteiger partial charge >= 0.3 is 5.97 Å². The van der Waals surface area contributed by atoms with Gasteiger partial charge in [-0.15, -0.1) is 11.6 Å². The molecular formula is C15H13ClO2. The molecule has 0 aromatic heterocycles. The van der Waals surface area contributed by atoms with Crippen LogP contribution in [0.1, 0.15) is 17.2 Å². The van der Waals surface area contributed by atoms with Crippen LogP contribution < -0.4 is 0 Å². The van der Waals surface area contributed by atoms with Crippen molar-refractivity contribution in [2.75, 3.05) is 5.88 Å². The summed E-state index contributed by atoms with van der Waals surface area (Å²) in [7, 11) is 0. The molecule has 0 N–H and O–H groups in total. The van der Waals surface area contributed by atoms with Crippen molar-refractivity contribution in [1.29, 1.82) is 0 Å². The summed E-state index contributed by atoms with van der Waals surface area (Å²) in [6.07, 6.45) is -0.404. The molecule has 0 atom stereocenters. The van der Waals surface area contributed by atoms with Crippen LogP contribution in [0.2, 0.25) is 0 Å². The van der Waals surface area contributed by atoms with Crippen LogP contribution in [-0.4, -0.2) is 11.8 Å². The molecule has 0 aliphatic heterocycles. The van der Waals surface area contributed by atoms with E-state index in [0.29, 0.717) is 0 Å². The van der Waals surface area contributed by atoms with Crippen molar-refractivity contribution in [3.63, 3.8) is 0 Å². The minimum atomic E-state index is -0.422. The summed E-state index contributed by atoms with van der Waals surface area (Å²) in [6.45, 7) is 0. The maximum absolute atomic E-state index is 11.4. The molecule has 0 radical (unpaired) electrons. The van der Waals surface area contributed by atoms with Crippen LogP contribution in [0.3, 0.4) is 0 Å². The molecule has 0 saturated heterocycles. The molecule has 2 rings (SSSR count). The second kappa shape index (κ2) is 6.22. The smallest absolute Gasteiger partial charge is 0.321 e. The van der Waals surface area contributed by atoms with Crippen LogP contribution in [0.5, 0.6) is 0 Å². The average molecular weight is 261 g/mol. The molecule has 0 heterocycles. The summed E-state index contributed by atoms with van der Waals surface area (Å²) >= 11 is 5.50. The summed E-state index contributed by atoms with van der Waals surface area (Å²) in [5.41, 5.74) is 1.87. The Bertz CT molecular complexity index is 457. The molecule has 0 aliphatic rings. The topological polar surface area (TPSA) is 26.3 Å². The number of hydrogen-bond donors (Lipinski definition) is 0. The van der Waals surface area contributed by atoms with Gasteiger partial charge in [0.05, 0.1) is 0 Å². The van der Waals surface area contributed by atoms with Crippen LogP contribution in [0, 0.1) is 0 Å². The van der Waals surface area contributed by atoms with Crippen molar-refractivity contribution in [2.45, 2.75) is 6.10 Å². The molecule has 2 aromatic carbocycles. The molecular weight excluding hydrogens is 248 g/mol. The summed E-state index contributed by atoms with van der Waals surface area (Å²) in [5.74, 6) is -0.565. The Labute approximate surface area is 111 Å². The number of halogens is 1. The van der Waals surface area contributed by atoms with Crippen molar-refractivity contribution in [2.24, 2.45) is 0 Å². The number of rotatable bonds is 4. The van der Waals surface area contributed by atoms with Gasteiger partial charge < -0.3 is 4.74 Å². The van der Waals surface area contributed by atoms with Crippen molar-refractivity contribution in [3.8, 4) is 0 Å². The molecule has 2 nitrogen and oxygen atoms in total. The van der Waals surface area contributed by atoms with Crippen LogP contribution in [-0.2, 0) is 9.53 Å². The van der Waals surface area contributed by atoms with Crippen LogP contribution >= 0.6 is 11.6 Å². The highest BCUT2D eigenvalue weighted by molar-refractivity contribution is 6.26. The minimum absolute atomic E-state index is 0.143. The van der Waals surface area contributed by atoms with Crippen molar-refractivity contribution in [3.05, 3.63) is 71.8 Å². The highest BCUT2D eigenvalue weighted by atomic mass is 35.5. The summed E-state index contributed by atoms with van der Waals surface area (Å²) < 4.78 is 5.40. The number of esters is 1. The molecule has 18 heavy (non-hydrogen) atoms. The zero-order valence-corrected chi connectivity index (χ0v) is 10.5. The normalized spacial score (nSPS) is 10.3. The minimum Gasteiger partial charge on any atom is -0.452 e. The first-order valence-corrected chi connectivity index (χ1v) is 6.20. The molecule has 92 valence electrons. The SMILES string of the molecule is O=C(CCl)OC(c1ccccc1)c1ccccc1. The fraction of sp³-hybridized carbons (Fsp3) is 0.133.